The molecule has 0 spiro atoms. The molecular weight excluding hydrogens is 214 g/mol. The van der Waals surface area contributed by atoms with Crippen LogP contribution in [0.4, 0.5) is 0 Å². The van der Waals surface area contributed by atoms with Gasteiger partial charge in [-0.15, -0.1) is 0 Å². The molecule has 1 aromatic heterocycles. The molecule has 1 saturated heterocycles. The molecule has 17 heavy (non-hydrogen) atoms. The summed E-state index contributed by atoms with van der Waals surface area (Å²) in [6.45, 7) is 8.49. The quantitative estimate of drug-likeness (QED) is 0.840. The van der Waals surface area contributed by atoms with Crippen molar-refractivity contribution in [2.45, 2.75) is 19.6 Å². The maximum atomic E-state index is 9.62. The van der Waals surface area contributed by atoms with E-state index in [1.165, 1.54) is 0 Å². The summed E-state index contributed by atoms with van der Waals surface area (Å²) in [5.74, 6) is 0. The second kappa shape index (κ2) is 5.67. The molecule has 0 saturated carbocycles. The Hall–Kier alpha value is -0.840. The van der Waals surface area contributed by atoms with Crippen LogP contribution < -0.4 is 0 Å². The van der Waals surface area contributed by atoms with Crippen molar-refractivity contribution >= 4 is 0 Å². The van der Waals surface area contributed by atoms with Gasteiger partial charge in [0.2, 0.25) is 0 Å². The molecule has 1 atom stereocenters. The predicted octanol–water partition coefficient (Wildman–Crippen LogP) is 0.789. The second-order valence-electron chi connectivity index (χ2n) is 4.95. The molecule has 0 aromatic carbocycles. The highest BCUT2D eigenvalue weighted by molar-refractivity contribution is 5.09. The molecule has 1 aliphatic heterocycles. The molecule has 2 rings (SSSR count). The molecule has 1 aliphatic rings. The molecule has 0 radical (unpaired) electrons. The minimum Gasteiger partial charge on any atom is -0.387 e. The largest absolute Gasteiger partial charge is 0.387 e. The minimum absolute atomic E-state index is 0.377. The molecule has 1 fully saturated rings. The highest BCUT2D eigenvalue weighted by atomic mass is 16.3. The average Bonchev–Trinajstić information content (AvgIpc) is 2.76. The summed E-state index contributed by atoms with van der Waals surface area (Å²) in [6.07, 6.45) is 1.68. The molecule has 2 heterocycles. The first-order chi connectivity index (χ1) is 8.16. The number of aliphatic hydroxyl groups excluding tert-OH is 1. The monoisotopic (exact) mass is 237 g/mol. The Labute approximate surface area is 103 Å². The standard InChI is InChI=1S/C13H23N3O/c1-12(17)13-4-3-5-16(13)11-10-15-8-6-14(2)7-9-15/h3-5,12,17H,6-11H2,1-2H3. The predicted molar refractivity (Wildman–Crippen MR) is 69.0 cm³/mol. The van der Waals surface area contributed by atoms with Crippen LogP contribution in [0.5, 0.6) is 0 Å². The topological polar surface area (TPSA) is 31.6 Å². The van der Waals surface area contributed by atoms with E-state index in [0.29, 0.717) is 0 Å². The zero-order valence-electron chi connectivity index (χ0n) is 10.8. The van der Waals surface area contributed by atoms with Gasteiger partial charge in [-0.05, 0) is 26.1 Å². The van der Waals surface area contributed by atoms with E-state index in [1.807, 2.05) is 19.1 Å². The van der Waals surface area contributed by atoms with Crippen LogP contribution in [0.3, 0.4) is 0 Å². The molecule has 0 aliphatic carbocycles. The summed E-state index contributed by atoms with van der Waals surface area (Å²) in [4.78, 5) is 4.86. The summed E-state index contributed by atoms with van der Waals surface area (Å²) in [7, 11) is 2.18. The number of rotatable bonds is 4. The smallest absolute Gasteiger partial charge is 0.0911 e. The molecule has 1 aromatic rings. The number of aliphatic hydroxyl groups is 1. The molecule has 1 unspecified atom stereocenters. The summed E-state index contributed by atoms with van der Waals surface area (Å²) < 4.78 is 2.16. The van der Waals surface area contributed by atoms with Crippen LogP contribution in [0.2, 0.25) is 0 Å². The third kappa shape index (κ3) is 3.31. The Morgan fingerprint density at radius 2 is 1.94 bits per heavy atom. The Balaban J connectivity index is 1.83. The average molecular weight is 237 g/mol. The lowest BCUT2D eigenvalue weighted by Crippen LogP contribution is -2.45. The summed E-state index contributed by atoms with van der Waals surface area (Å²) in [6, 6.07) is 4.00. The maximum absolute atomic E-state index is 9.62. The van der Waals surface area contributed by atoms with Gasteiger partial charge in [0.15, 0.2) is 0 Å². The van der Waals surface area contributed by atoms with Crippen molar-refractivity contribution in [1.29, 1.82) is 0 Å². The van der Waals surface area contributed by atoms with Crippen molar-refractivity contribution < 1.29 is 5.11 Å². The Kier molecular flexibility index (Phi) is 4.20. The molecule has 4 heteroatoms. The fourth-order valence-corrected chi connectivity index (χ4v) is 2.33. The first-order valence-corrected chi connectivity index (χ1v) is 6.41. The SMILES string of the molecule is CC(O)c1cccn1CCN1CCN(C)CC1. The Bertz CT molecular complexity index is 340. The van der Waals surface area contributed by atoms with E-state index in [2.05, 4.69) is 27.6 Å². The lowest BCUT2D eigenvalue weighted by molar-refractivity contribution is 0.146. The van der Waals surface area contributed by atoms with Crippen LogP contribution in [0, 0.1) is 0 Å². The van der Waals surface area contributed by atoms with Gasteiger partial charge in [-0.2, -0.15) is 0 Å². The third-order valence-electron chi connectivity index (χ3n) is 3.55. The number of nitrogens with zero attached hydrogens (tertiary/aromatic N) is 3. The van der Waals surface area contributed by atoms with Crippen molar-refractivity contribution in [2.75, 3.05) is 39.8 Å². The highest BCUT2D eigenvalue weighted by Crippen LogP contribution is 2.12. The van der Waals surface area contributed by atoms with E-state index < -0.39 is 0 Å². The van der Waals surface area contributed by atoms with E-state index >= 15 is 0 Å². The van der Waals surface area contributed by atoms with Crippen LogP contribution in [0.15, 0.2) is 18.3 Å². The number of piperazine rings is 1. The first kappa shape index (κ1) is 12.6. The van der Waals surface area contributed by atoms with Crippen molar-refractivity contribution in [3.05, 3.63) is 24.0 Å². The van der Waals surface area contributed by atoms with Crippen molar-refractivity contribution in [3.8, 4) is 0 Å². The molecular formula is C13H23N3O. The zero-order valence-corrected chi connectivity index (χ0v) is 10.8. The van der Waals surface area contributed by atoms with E-state index in [1.54, 1.807) is 0 Å². The van der Waals surface area contributed by atoms with Gasteiger partial charge in [0.05, 0.1) is 6.10 Å². The van der Waals surface area contributed by atoms with Gasteiger partial charge in [-0.25, -0.2) is 0 Å². The van der Waals surface area contributed by atoms with Gasteiger partial charge < -0.3 is 14.6 Å². The fourth-order valence-electron chi connectivity index (χ4n) is 2.33. The highest BCUT2D eigenvalue weighted by Gasteiger charge is 2.14. The van der Waals surface area contributed by atoms with E-state index in [4.69, 9.17) is 0 Å². The lowest BCUT2D eigenvalue weighted by Gasteiger charge is -2.32. The van der Waals surface area contributed by atoms with E-state index in [-0.39, 0.29) is 6.10 Å². The molecule has 96 valence electrons. The van der Waals surface area contributed by atoms with Gasteiger partial charge in [-0.1, -0.05) is 0 Å². The first-order valence-electron chi connectivity index (χ1n) is 6.41. The van der Waals surface area contributed by atoms with E-state index in [0.717, 1.165) is 45.0 Å². The zero-order chi connectivity index (χ0) is 12.3. The van der Waals surface area contributed by atoms with E-state index in [9.17, 15) is 5.11 Å². The van der Waals surface area contributed by atoms with Crippen LogP contribution >= 0.6 is 0 Å². The number of aromatic nitrogens is 1. The van der Waals surface area contributed by atoms with Crippen molar-refractivity contribution in [2.24, 2.45) is 0 Å². The minimum atomic E-state index is -0.377. The van der Waals surface area contributed by atoms with Gasteiger partial charge >= 0.3 is 0 Å². The molecule has 0 bridgehead atoms. The number of likely N-dealkylation sites (N-methyl/N-ethyl adjacent to an activating group) is 1. The Morgan fingerprint density at radius 3 is 2.59 bits per heavy atom. The van der Waals surface area contributed by atoms with Gasteiger partial charge in [0, 0.05) is 51.2 Å². The van der Waals surface area contributed by atoms with Crippen LogP contribution in [0.1, 0.15) is 18.7 Å². The van der Waals surface area contributed by atoms with Crippen LogP contribution in [0.25, 0.3) is 0 Å². The van der Waals surface area contributed by atoms with Gasteiger partial charge in [-0.3, -0.25) is 4.90 Å². The third-order valence-corrected chi connectivity index (χ3v) is 3.55. The Morgan fingerprint density at radius 1 is 1.24 bits per heavy atom. The summed E-state index contributed by atoms with van der Waals surface area (Å²) in [5, 5.41) is 9.62. The molecule has 4 nitrogen and oxygen atoms in total. The fraction of sp³-hybridized carbons (Fsp3) is 0.692. The van der Waals surface area contributed by atoms with Gasteiger partial charge in [0.1, 0.15) is 0 Å². The second-order valence-corrected chi connectivity index (χ2v) is 4.95. The van der Waals surface area contributed by atoms with Crippen molar-refractivity contribution in [3.63, 3.8) is 0 Å². The number of hydrogen-bond acceptors (Lipinski definition) is 3. The lowest BCUT2D eigenvalue weighted by atomic mass is 10.3. The van der Waals surface area contributed by atoms with Crippen LogP contribution in [-0.4, -0.2) is 59.2 Å². The number of hydrogen-bond donors (Lipinski definition) is 1. The maximum Gasteiger partial charge on any atom is 0.0911 e. The normalized spacial score (nSPS) is 20.6. The van der Waals surface area contributed by atoms with Gasteiger partial charge in [0.25, 0.3) is 0 Å². The van der Waals surface area contributed by atoms with Crippen LogP contribution in [-0.2, 0) is 6.54 Å². The van der Waals surface area contributed by atoms with Crippen molar-refractivity contribution in [1.82, 2.24) is 14.4 Å². The summed E-state index contributed by atoms with van der Waals surface area (Å²) >= 11 is 0. The molecule has 1 N–H and O–H groups in total. The molecule has 0 amide bonds. The summed E-state index contributed by atoms with van der Waals surface area (Å²) in [5.41, 5.74) is 1.01.